The highest BCUT2D eigenvalue weighted by Gasteiger charge is 2.25. The van der Waals surface area contributed by atoms with Gasteiger partial charge >= 0.3 is 5.97 Å². The number of aromatic nitrogens is 1. The Labute approximate surface area is 175 Å². The molecule has 28 heavy (non-hydrogen) atoms. The predicted molar refractivity (Wildman–Crippen MR) is 107 cm³/mol. The van der Waals surface area contributed by atoms with E-state index in [1.807, 2.05) is 13.0 Å². The van der Waals surface area contributed by atoms with Crippen molar-refractivity contribution in [3.05, 3.63) is 38.3 Å². The molecule has 0 fully saturated rings. The van der Waals surface area contributed by atoms with Crippen LogP contribution in [0.2, 0.25) is 0 Å². The average Bonchev–Trinajstić information content (AvgIpc) is 3.10. The molecule has 1 aromatic carbocycles. The van der Waals surface area contributed by atoms with Gasteiger partial charge in [-0.3, -0.25) is 4.79 Å². The van der Waals surface area contributed by atoms with Crippen LogP contribution in [-0.4, -0.2) is 37.1 Å². The van der Waals surface area contributed by atoms with E-state index in [2.05, 4.69) is 20.9 Å². The Morgan fingerprint density at radius 3 is 2.71 bits per heavy atom. The molecule has 0 unspecified atom stereocenters. The summed E-state index contributed by atoms with van der Waals surface area (Å²) in [7, 11) is 1.47. The number of methoxy groups -OCH3 is 1. The number of carbonyl (C=O) groups is 2. The highest BCUT2D eigenvalue weighted by Crippen LogP contribution is 2.37. The van der Waals surface area contributed by atoms with Gasteiger partial charge in [-0.25, -0.2) is 9.78 Å². The predicted octanol–water partition coefficient (Wildman–Crippen LogP) is 4.04. The minimum atomic E-state index is -1.06. The third-order valence-corrected chi connectivity index (χ3v) is 5.21. The van der Waals surface area contributed by atoms with Crippen molar-refractivity contribution in [2.45, 2.75) is 26.2 Å². The van der Waals surface area contributed by atoms with Crippen molar-refractivity contribution in [2.24, 2.45) is 0 Å². The van der Waals surface area contributed by atoms with Gasteiger partial charge in [0, 0.05) is 11.1 Å². The highest BCUT2D eigenvalue weighted by atomic mass is 79.9. The summed E-state index contributed by atoms with van der Waals surface area (Å²) in [6, 6.07) is 4.93. The van der Waals surface area contributed by atoms with Gasteiger partial charge in [0.2, 0.25) is 0 Å². The summed E-state index contributed by atoms with van der Waals surface area (Å²) < 4.78 is 16.5. The van der Waals surface area contributed by atoms with Gasteiger partial charge in [0.1, 0.15) is 5.01 Å². The van der Waals surface area contributed by atoms with Crippen LogP contribution in [0.15, 0.2) is 22.0 Å². The highest BCUT2D eigenvalue weighted by molar-refractivity contribution is 9.10. The number of hydrogen-bond acceptors (Lipinski definition) is 8. The summed E-state index contributed by atoms with van der Waals surface area (Å²) in [5.74, 6) is -1.44. The van der Waals surface area contributed by atoms with Gasteiger partial charge in [0.15, 0.2) is 29.8 Å². The third-order valence-electron chi connectivity index (χ3n) is 3.60. The molecular weight excluding hydrogens is 448 g/mol. The van der Waals surface area contributed by atoms with Gasteiger partial charge in [0.25, 0.3) is 0 Å². The Bertz CT molecular complexity index is 906. The van der Waals surface area contributed by atoms with Crippen molar-refractivity contribution in [3.63, 3.8) is 0 Å². The number of ether oxygens (including phenoxy) is 3. The van der Waals surface area contributed by atoms with Crippen molar-refractivity contribution < 1.29 is 23.8 Å². The van der Waals surface area contributed by atoms with E-state index >= 15 is 0 Å². The van der Waals surface area contributed by atoms with Crippen LogP contribution in [0.25, 0.3) is 0 Å². The summed E-state index contributed by atoms with van der Waals surface area (Å²) in [6.07, 6.45) is 0.820. The number of aryl methyl sites for hydroxylation is 1. The molecule has 2 rings (SSSR count). The zero-order chi connectivity index (χ0) is 20.7. The number of esters is 1. The minimum Gasteiger partial charge on any atom is -0.493 e. The van der Waals surface area contributed by atoms with Crippen molar-refractivity contribution in [1.82, 2.24) is 4.98 Å². The van der Waals surface area contributed by atoms with Gasteiger partial charge in [-0.15, -0.1) is 11.3 Å². The number of nitriles is 1. The molecule has 0 N–H and O–H groups in total. The van der Waals surface area contributed by atoms with Gasteiger partial charge in [0.05, 0.1) is 29.8 Å². The Balaban J connectivity index is 2.09. The monoisotopic (exact) mass is 466 g/mol. The van der Waals surface area contributed by atoms with Gasteiger partial charge in [-0.2, -0.15) is 5.26 Å². The SMILES string of the molecule is CCCOc1c(Br)cc(C(=O)OCC(=O)[C@H](C#N)c2nc(C)cs2)cc1OC. The zero-order valence-corrected chi connectivity index (χ0v) is 18.1. The van der Waals surface area contributed by atoms with E-state index in [0.717, 1.165) is 12.1 Å². The number of carbonyl (C=O) groups excluding carboxylic acids is 2. The Morgan fingerprint density at radius 2 is 2.14 bits per heavy atom. The lowest BCUT2D eigenvalue weighted by molar-refractivity contribution is -0.122. The van der Waals surface area contributed by atoms with Crippen LogP contribution in [0.4, 0.5) is 0 Å². The Kier molecular flexibility index (Phi) is 7.96. The molecule has 0 aliphatic rings. The van der Waals surface area contributed by atoms with Gasteiger partial charge < -0.3 is 14.2 Å². The molecule has 1 aromatic heterocycles. The van der Waals surface area contributed by atoms with Crippen LogP contribution in [-0.2, 0) is 9.53 Å². The summed E-state index contributed by atoms with van der Waals surface area (Å²) >= 11 is 4.58. The lowest BCUT2D eigenvalue weighted by atomic mass is 10.1. The number of ketones is 1. The Morgan fingerprint density at radius 1 is 1.39 bits per heavy atom. The second-order valence-electron chi connectivity index (χ2n) is 5.77. The number of hydrogen-bond donors (Lipinski definition) is 0. The fraction of sp³-hybridized carbons (Fsp3) is 0.368. The number of rotatable bonds is 9. The molecule has 1 heterocycles. The molecule has 0 saturated heterocycles. The standard InChI is InChI=1S/C19H19BrN2O5S/c1-4-5-26-17-14(20)6-12(7-16(17)25-3)19(24)27-9-15(23)13(8-21)18-22-11(2)10-28-18/h6-7,10,13H,4-5,9H2,1-3H3/t13-/m0/s1. The molecule has 9 heteroatoms. The number of nitrogens with zero attached hydrogens (tertiary/aromatic N) is 2. The van der Waals surface area contributed by atoms with Crippen LogP contribution in [0, 0.1) is 18.3 Å². The van der Waals surface area contributed by atoms with E-state index in [0.29, 0.717) is 27.6 Å². The van der Waals surface area contributed by atoms with E-state index < -0.39 is 24.3 Å². The maximum atomic E-state index is 12.4. The van der Waals surface area contributed by atoms with Gasteiger partial charge in [-0.05, 0) is 41.4 Å². The molecule has 0 bridgehead atoms. The maximum absolute atomic E-state index is 12.4. The minimum absolute atomic E-state index is 0.193. The van der Waals surface area contributed by atoms with E-state index in [-0.39, 0.29) is 5.56 Å². The van der Waals surface area contributed by atoms with Crippen molar-refractivity contribution in [2.75, 3.05) is 20.3 Å². The first-order chi connectivity index (χ1) is 13.4. The fourth-order valence-electron chi connectivity index (χ4n) is 2.25. The number of halogens is 1. The lowest BCUT2D eigenvalue weighted by Gasteiger charge is -2.14. The number of thiazole rings is 1. The first-order valence-electron chi connectivity index (χ1n) is 8.43. The largest absolute Gasteiger partial charge is 0.493 e. The van der Waals surface area contributed by atoms with Crippen molar-refractivity contribution >= 4 is 39.0 Å². The summed E-state index contributed by atoms with van der Waals surface area (Å²) in [4.78, 5) is 28.8. The molecule has 0 amide bonds. The van der Waals surface area contributed by atoms with E-state index in [1.54, 1.807) is 12.3 Å². The van der Waals surface area contributed by atoms with E-state index in [9.17, 15) is 14.9 Å². The van der Waals surface area contributed by atoms with Crippen LogP contribution in [0.5, 0.6) is 11.5 Å². The molecule has 0 spiro atoms. The van der Waals surface area contributed by atoms with Crippen molar-refractivity contribution in [1.29, 1.82) is 5.26 Å². The second-order valence-corrected chi connectivity index (χ2v) is 7.51. The molecule has 7 nitrogen and oxygen atoms in total. The molecular formula is C19H19BrN2O5S. The molecule has 0 aliphatic heterocycles. The van der Waals surface area contributed by atoms with Crippen molar-refractivity contribution in [3.8, 4) is 17.6 Å². The Hall–Kier alpha value is -2.44. The first-order valence-corrected chi connectivity index (χ1v) is 10.1. The topological polar surface area (TPSA) is 98.5 Å². The normalized spacial score (nSPS) is 11.4. The number of benzene rings is 1. The summed E-state index contributed by atoms with van der Waals surface area (Å²) in [5, 5.41) is 11.4. The van der Waals surface area contributed by atoms with Crippen LogP contribution in [0.1, 0.15) is 40.3 Å². The summed E-state index contributed by atoms with van der Waals surface area (Å²) in [6.45, 7) is 3.73. The molecule has 1 atom stereocenters. The zero-order valence-electron chi connectivity index (χ0n) is 15.7. The third kappa shape index (κ3) is 5.30. The second kappa shape index (κ2) is 10.2. The smallest absolute Gasteiger partial charge is 0.338 e. The lowest BCUT2D eigenvalue weighted by Crippen LogP contribution is -2.20. The van der Waals surface area contributed by atoms with Crippen LogP contribution >= 0.6 is 27.3 Å². The molecule has 148 valence electrons. The van der Waals surface area contributed by atoms with Crippen LogP contribution in [0.3, 0.4) is 0 Å². The molecule has 0 aliphatic carbocycles. The summed E-state index contributed by atoms with van der Waals surface area (Å²) in [5.41, 5.74) is 0.923. The average molecular weight is 467 g/mol. The fourth-order valence-corrected chi connectivity index (χ4v) is 3.67. The number of Topliss-reactive ketones (excluding diaryl/α,β-unsaturated/α-hetero) is 1. The van der Waals surface area contributed by atoms with Gasteiger partial charge in [-0.1, -0.05) is 6.92 Å². The van der Waals surface area contributed by atoms with Crippen LogP contribution < -0.4 is 9.47 Å². The van der Waals surface area contributed by atoms with E-state index in [1.165, 1.54) is 30.6 Å². The first kappa shape index (κ1) is 21.9. The quantitative estimate of drug-likeness (QED) is 0.513. The van der Waals surface area contributed by atoms with E-state index in [4.69, 9.17) is 14.2 Å². The maximum Gasteiger partial charge on any atom is 0.338 e. The molecule has 0 radical (unpaired) electrons. The molecule has 0 saturated carbocycles. The molecule has 2 aromatic rings.